The molecule has 0 N–H and O–H groups in total. The third-order valence-corrected chi connectivity index (χ3v) is 2.50. The zero-order valence-corrected chi connectivity index (χ0v) is 10.5. The second-order valence-corrected chi connectivity index (χ2v) is 3.85. The first-order valence-electron chi connectivity index (χ1n) is 5.24. The summed E-state index contributed by atoms with van der Waals surface area (Å²) in [6.45, 7) is 3.38. The Labute approximate surface area is 101 Å². The van der Waals surface area contributed by atoms with E-state index in [2.05, 4.69) is 4.74 Å². The van der Waals surface area contributed by atoms with Crippen LogP contribution < -0.4 is 4.74 Å². The van der Waals surface area contributed by atoms with E-state index in [1.807, 2.05) is 6.92 Å². The van der Waals surface area contributed by atoms with E-state index in [0.717, 1.165) is 11.1 Å². The minimum absolute atomic E-state index is 0.0703. The van der Waals surface area contributed by atoms with Gasteiger partial charge < -0.3 is 9.47 Å². The van der Waals surface area contributed by atoms with E-state index in [1.165, 1.54) is 21.1 Å². The van der Waals surface area contributed by atoms with Crippen molar-refractivity contribution in [1.29, 1.82) is 0 Å². The number of benzene rings is 1. The fourth-order valence-corrected chi connectivity index (χ4v) is 1.63. The third-order valence-electron chi connectivity index (χ3n) is 2.50. The summed E-state index contributed by atoms with van der Waals surface area (Å²) < 4.78 is 9.80. The van der Waals surface area contributed by atoms with Crippen molar-refractivity contribution in [3.8, 4) is 5.75 Å². The number of hydrogen-bond donors (Lipinski definition) is 0. The first kappa shape index (κ1) is 13.2. The molecule has 92 valence electrons. The van der Waals surface area contributed by atoms with Gasteiger partial charge in [0.05, 0.1) is 14.2 Å². The number of ether oxygens (including phenoxy) is 2. The van der Waals surface area contributed by atoms with Gasteiger partial charge in [-0.15, -0.1) is 0 Å². The second-order valence-electron chi connectivity index (χ2n) is 3.85. The number of hydrogen-bond acceptors (Lipinski definition) is 4. The Morgan fingerprint density at radius 1 is 1.24 bits per heavy atom. The molecule has 0 saturated heterocycles. The van der Waals surface area contributed by atoms with Crippen molar-refractivity contribution in [2.45, 2.75) is 20.3 Å². The molecule has 0 aliphatic carbocycles. The summed E-state index contributed by atoms with van der Waals surface area (Å²) in [6.07, 6.45) is 0.337. The molecule has 1 aromatic carbocycles. The van der Waals surface area contributed by atoms with Crippen LogP contribution in [0.15, 0.2) is 12.1 Å². The lowest BCUT2D eigenvalue weighted by atomic mass is 10.00. The Balaban J connectivity index is 3.24. The molecular formula is C13H16O4. The van der Waals surface area contributed by atoms with Gasteiger partial charge in [-0.25, -0.2) is 4.79 Å². The first-order chi connectivity index (χ1) is 7.99. The number of carbonyl (C=O) groups is 2. The highest BCUT2D eigenvalue weighted by Crippen LogP contribution is 2.24. The Kier molecular flexibility index (Phi) is 4.26. The molecule has 1 rings (SSSR count). The van der Waals surface area contributed by atoms with Gasteiger partial charge in [-0.1, -0.05) is 0 Å². The van der Waals surface area contributed by atoms with Crippen LogP contribution in [0.25, 0.3) is 0 Å². The van der Waals surface area contributed by atoms with Crippen molar-refractivity contribution < 1.29 is 19.1 Å². The Morgan fingerprint density at radius 2 is 1.88 bits per heavy atom. The molecular weight excluding hydrogens is 220 g/mol. The maximum absolute atomic E-state index is 11.5. The van der Waals surface area contributed by atoms with Gasteiger partial charge in [0.1, 0.15) is 17.1 Å². The highest BCUT2D eigenvalue weighted by atomic mass is 16.5. The summed E-state index contributed by atoms with van der Waals surface area (Å²) in [5.41, 5.74) is 2.11. The lowest BCUT2D eigenvalue weighted by Crippen LogP contribution is -2.07. The number of methoxy groups -OCH3 is 2. The number of Topliss-reactive ketones (excluding diaryl/α,β-unsaturated/α-hetero) is 1. The highest BCUT2D eigenvalue weighted by Gasteiger charge is 2.15. The van der Waals surface area contributed by atoms with Crippen LogP contribution in [0.1, 0.15) is 28.4 Å². The van der Waals surface area contributed by atoms with E-state index in [1.54, 1.807) is 12.1 Å². The van der Waals surface area contributed by atoms with Crippen molar-refractivity contribution in [3.63, 3.8) is 0 Å². The minimum atomic E-state index is -0.445. The molecule has 0 amide bonds. The Hall–Kier alpha value is -1.84. The average Bonchev–Trinajstić information content (AvgIpc) is 2.29. The molecule has 0 aromatic heterocycles. The molecule has 0 atom stereocenters. The summed E-state index contributed by atoms with van der Waals surface area (Å²) in [5, 5.41) is 0. The van der Waals surface area contributed by atoms with E-state index in [4.69, 9.17) is 4.74 Å². The molecule has 0 aliphatic heterocycles. The normalized spacial score (nSPS) is 9.88. The maximum atomic E-state index is 11.5. The van der Waals surface area contributed by atoms with Crippen LogP contribution in [-0.4, -0.2) is 26.0 Å². The zero-order chi connectivity index (χ0) is 13.0. The molecule has 0 saturated carbocycles. The summed E-state index contributed by atoms with van der Waals surface area (Å²) in [7, 11) is 2.80. The number of rotatable bonds is 4. The first-order valence-corrected chi connectivity index (χ1v) is 5.24. The van der Waals surface area contributed by atoms with Crippen molar-refractivity contribution in [3.05, 3.63) is 28.8 Å². The number of carbonyl (C=O) groups excluding carboxylic acids is 2. The van der Waals surface area contributed by atoms with Gasteiger partial charge in [0.25, 0.3) is 0 Å². The molecule has 0 fully saturated rings. The van der Waals surface area contributed by atoms with Crippen molar-refractivity contribution in [2.75, 3.05) is 14.2 Å². The molecule has 0 heterocycles. The van der Waals surface area contributed by atoms with Crippen molar-refractivity contribution >= 4 is 11.8 Å². The van der Waals surface area contributed by atoms with Crippen molar-refractivity contribution in [1.82, 2.24) is 0 Å². The summed E-state index contributed by atoms with van der Waals surface area (Å²) >= 11 is 0. The number of esters is 1. The number of aryl methyl sites for hydroxylation is 1. The smallest absolute Gasteiger partial charge is 0.341 e. The summed E-state index contributed by atoms with van der Waals surface area (Å²) in [4.78, 5) is 22.6. The fourth-order valence-electron chi connectivity index (χ4n) is 1.63. The Bertz CT molecular complexity index is 449. The standard InChI is InChI=1S/C13H16O4/c1-8-5-11(13(15)17-4)12(16-3)7-10(8)6-9(2)14/h5,7H,6H2,1-4H3. The fraction of sp³-hybridized carbons (Fsp3) is 0.385. The molecule has 0 radical (unpaired) electrons. The third kappa shape index (κ3) is 3.06. The summed E-state index contributed by atoms with van der Waals surface area (Å²) in [6, 6.07) is 3.39. The topological polar surface area (TPSA) is 52.6 Å². The minimum Gasteiger partial charge on any atom is -0.496 e. The molecule has 0 bridgehead atoms. The van der Waals surface area contributed by atoms with Crippen LogP contribution in [0.5, 0.6) is 5.75 Å². The molecule has 0 unspecified atom stereocenters. The second kappa shape index (κ2) is 5.48. The molecule has 1 aromatic rings. The van der Waals surface area contributed by atoms with Crippen LogP contribution >= 0.6 is 0 Å². The van der Waals surface area contributed by atoms with Gasteiger partial charge in [0.15, 0.2) is 0 Å². The SMILES string of the molecule is COC(=O)c1cc(C)c(CC(C)=O)cc1OC. The van der Waals surface area contributed by atoms with E-state index >= 15 is 0 Å². The summed E-state index contributed by atoms with van der Waals surface area (Å²) in [5.74, 6) is 0.0546. The lowest BCUT2D eigenvalue weighted by Gasteiger charge is -2.11. The molecule has 0 spiro atoms. The van der Waals surface area contributed by atoms with Crippen molar-refractivity contribution in [2.24, 2.45) is 0 Å². The molecule has 0 aliphatic rings. The largest absolute Gasteiger partial charge is 0.496 e. The molecule has 4 heteroatoms. The average molecular weight is 236 g/mol. The van der Waals surface area contributed by atoms with E-state index in [-0.39, 0.29) is 5.78 Å². The quantitative estimate of drug-likeness (QED) is 0.749. The maximum Gasteiger partial charge on any atom is 0.341 e. The van der Waals surface area contributed by atoms with Gasteiger partial charge in [-0.3, -0.25) is 4.79 Å². The highest BCUT2D eigenvalue weighted by molar-refractivity contribution is 5.93. The van der Waals surface area contributed by atoms with Gasteiger partial charge in [-0.05, 0) is 37.1 Å². The van der Waals surface area contributed by atoms with Gasteiger partial charge in [0, 0.05) is 6.42 Å². The van der Waals surface area contributed by atoms with E-state index in [0.29, 0.717) is 17.7 Å². The van der Waals surface area contributed by atoms with Crippen LogP contribution in [0.2, 0.25) is 0 Å². The lowest BCUT2D eigenvalue weighted by molar-refractivity contribution is -0.116. The van der Waals surface area contributed by atoms with E-state index in [9.17, 15) is 9.59 Å². The monoisotopic (exact) mass is 236 g/mol. The Morgan fingerprint density at radius 3 is 2.35 bits per heavy atom. The van der Waals surface area contributed by atoms with Gasteiger partial charge in [-0.2, -0.15) is 0 Å². The van der Waals surface area contributed by atoms with Crippen LogP contribution in [0.4, 0.5) is 0 Å². The number of ketones is 1. The van der Waals surface area contributed by atoms with Gasteiger partial charge >= 0.3 is 5.97 Å². The molecule has 4 nitrogen and oxygen atoms in total. The predicted molar refractivity (Wildman–Crippen MR) is 63.5 cm³/mol. The van der Waals surface area contributed by atoms with Gasteiger partial charge in [0.2, 0.25) is 0 Å². The predicted octanol–water partition coefficient (Wildman–Crippen LogP) is 1.92. The van der Waals surface area contributed by atoms with E-state index < -0.39 is 5.97 Å². The van der Waals surface area contributed by atoms with Crippen LogP contribution in [-0.2, 0) is 16.0 Å². The zero-order valence-electron chi connectivity index (χ0n) is 10.5. The van der Waals surface area contributed by atoms with Crippen LogP contribution in [0.3, 0.4) is 0 Å². The van der Waals surface area contributed by atoms with Crippen LogP contribution in [0, 0.1) is 6.92 Å². The molecule has 17 heavy (non-hydrogen) atoms.